The van der Waals surface area contributed by atoms with Crippen LogP contribution in [0.3, 0.4) is 0 Å². The molecule has 1 unspecified atom stereocenters. The van der Waals surface area contributed by atoms with Gasteiger partial charge in [0.1, 0.15) is 5.75 Å². The number of benzene rings is 1. The van der Waals surface area contributed by atoms with Crippen LogP contribution in [0.5, 0.6) is 5.75 Å². The molecule has 0 saturated carbocycles. The van der Waals surface area contributed by atoms with E-state index in [1.54, 1.807) is 12.1 Å². The number of unbranched alkanes of at least 4 members (excludes halogenated alkanes) is 6. The Bertz CT molecular complexity index is 544. The van der Waals surface area contributed by atoms with Crippen molar-refractivity contribution in [3.05, 3.63) is 29.8 Å². The zero-order valence-corrected chi connectivity index (χ0v) is 17.1. The third kappa shape index (κ3) is 8.03. The quantitative estimate of drug-likeness (QED) is 0.260. The van der Waals surface area contributed by atoms with Crippen LogP contribution in [-0.2, 0) is 21.3 Å². The summed E-state index contributed by atoms with van der Waals surface area (Å²) in [6.07, 6.45) is 10.1. The summed E-state index contributed by atoms with van der Waals surface area (Å²) in [7, 11) is -3.61. The van der Waals surface area contributed by atoms with Gasteiger partial charge in [-0.2, -0.15) is 8.42 Å². The van der Waals surface area contributed by atoms with E-state index in [4.69, 9.17) is 8.92 Å². The summed E-state index contributed by atoms with van der Waals surface area (Å²) in [5, 5.41) is 0. The molecule has 1 aliphatic heterocycles. The summed E-state index contributed by atoms with van der Waals surface area (Å²) in [5.74, 6) is 0.360. The SMILES string of the molecule is CCCCCCCCCc1ccc(OS(=O)(=O)C2CO2)cc1.[H-].[Na+]. The molecule has 0 aromatic heterocycles. The van der Waals surface area contributed by atoms with Crippen LogP contribution in [0.15, 0.2) is 24.3 Å². The predicted octanol–water partition coefficient (Wildman–Crippen LogP) is 1.16. The number of epoxide rings is 1. The second kappa shape index (κ2) is 10.7. The summed E-state index contributed by atoms with van der Waals surface area (Å²) in [5.41, 5.74) is 0.445. The molecule has 1 fully saturated rings. The van der Waals surface area contributed by atoms with Gasteiger partial charge in [0, 0.05) is 0 Å². The van der Waals surface area contributed by atoms with Gasteiger partial charge >= 0.3 is 39.7 Å². The number of aryl methyl sites for hydroxylation is 1. The normalized spacial score (nSPS) is 16.7. The van der Waals surface area contributed by atoms with Gasteiger partial charge in [-0.15, -0.1) is 0 Å². The fourth-order valence-electron chi connectivity index (χ4n) is 2.39. The second-order valence-corrected chi connectivity index (χ2v) is 7.53. The Labute approximate surface area is 163 Å². The molecular formula is C17H27NaO4S. The largest absolute Gasteiger partial charge is 1.00 e. The number of ether oxygens (including phenoxy) is 1. The van der Waals surface area contributed by atoms with Crippen LogP contribution in [0.2, 0.25) is 0 Å². The molecule has 1 saturated heterocycles. The van der Waals surface area contributed by atoms with E-state index in [1.807, 2.05) is 12.1 Å². The first-order valence-corrected chi connectivity index (χ1v) is 9.73. The molecule has 23 heavy (non-hydrogen) atoms. The second-order valence-electron chi connectivity index (χ2n) is 5.85. The van der Waals surface area contributed by atoms with Crippen LogP contribution in [0.4, 0.5) is 0 Å². The van der Waals surface area contributed by atoms with Crippen molar-refractivity contribution in [2.45, 2.75) is 63.7 Å². The van der Waals surface area contributed by atoms with Gasteiger partial charge in [0.05, 0.1) is 6.61 Å². The van der Waals surface area contributed by atoms with E-state index in [2.05, 4.69) is 6.92 Å². The van der Waals surface area contributed by atoms with Gasteiger partial charge in [-0.1, -0.05) is 57.6 Å². The Hall–Kier alpha value is -0.0700. The maximum Gasteiger partial charge on any atom is 1.00 e. The van der Waals surface area contributed by atoms with E-state index in [9.17, 15) is 8.42 Å². The number of hydrogen-bond acceptors (Lipinski definition) is 4. The first-order valence-electron chi connectivity index (χ1n) is 8.25. The van der Waals surface area contributed by atoms with Gasteiger partial charge in [0.2, 0.25) is 5.44 Å². The minimum Gasteiger partial charge on any atom is -1.00 e. The van der Waals surface area contributed by atoms with Crippen molar-refractivity contribution in [1.29, 1.82) is 0 Å². The van der Waals surface area contributed by atoms with Crippen molar-refractivity contribution in [3.63, 3.8) is 0 Å². The fourth-order valence-corrected chi connectivity index (χ4v) is 3.29. The minimum absolute atomic E-state index is 0. The summed E-state index contributed by atoms with van der Waals surface area (Å²) in [4.78, 5) is 0. The third-order valence-corrected chi connectivity index (χ3v) is 5.17. The average Bonchev–Trinajstić information content (AvgIpc) is 3.33. The Kier molecular flexibility index (Phi) is 9.78. The zero-order chi connectivity index (χ0) is 15.8. The zero-order valence-electron chi connectivity index (χ0n) is 15.3. The Balaban J connectivity index is 0.00000264. The number of rotatable bonds is 11. The van der Waals surface area contributed by atoms with Gasteiger partial charge in [-0.25, -0.2) is 0 Å². The van der Waals surface area contributed by atoms with E-state index in [0.29, 0.717) is 5.75 Å². The van der Waals surface area contributed by atoms with Gasteiger partial charge in [0.25, 0.3) is 0 Å². The fraction of sp³-hybridized carbons (Fsp3) is 0.647. The Morgan fingerprint density at radius 2 is 1.65 bits per heavy atom. The molecule has 0 N–H and O–H groups in total. The molecule has 0 aliphatic carbocycles. The topological polar surface area (TPSA) is 55.9 Å². The first kappa shape index (κ1) is 21.0. The molecule has 1 heterocycles. The predicted molar refractivity (Wildman–Crippen MR) is 88.5 cm³/mol. The molecule has 4 nitrogen and oxygen atoms in total. The van der Waals surface area contributed by atoms with Crippen molar-refractivity contribution >= 4 is 10.1 Å². The van der Waals surface area contributed by atoms with Crippen molar-refractivity contribution in [2.75, 3.05) is 6.61 Å². The van der Waals surface area contributed by atoms with Crippen LogP contribution in [0.1, 0.15) is 58.9 Å². The van der Waals surface area contributed by atoms with Crippen LogP contribution in [-0.4, -0.2) is 20.5 Å². The van der Waals surface area contributed by atoms with Crippen LogP contribution in [0, 0.1) is 0 Å². The van der Waals surface area contributed by atoms with Gasteiger partial charge in [-0.05, 0) is 30.5 Å². The molecule has 1 atom stereocenters. The van der Waals surface area contributed by atoms with Crippen LogP contribution >= 0.6 is 0 Å². The molecule has 6 heteroatoms. The Morgan fingerprint density at radius 1 is 1.09 bits per heavy atom. The smallest absolute Gasteiger partial charge is 1.00 e. The van der Waals surface area contributed by atoms with Crippen LogP contribution in [0.25, 0.3) is 0 Å². The monoisotopic (exact) mass is 350 g/mol. The number of hydrogen-bond donors (Lipinski definition) is 0. The molecule has 1 aliphatic rings. The van der Waals surface area contributed by atoms with E-state index < -0.39 is 15.6 Å². The molecule has 0 spiro atoms. The maximum absolute atomic E-state index is 11.6. The first-order chi connectivity index (χ1) is 10.6. The van der Waals surface area contributed by atoms with Gasteiger partial charge in [-0.3, -0.25) is 0 Å². The molecule has 1 aromatic rings. The van der Waals surface area contributed by atoms with E-state index >= 15 is 0 Å². The Morgan fingerprint density at radius 3 is 2.22 bits per heavy atom. The molecule has 0 radical (unpaired) electrons. The molecular weight excluding hydrogens is 323 g/mol. The molecule has 0 bridgehead atoms. The summed E-state index contributed by atoms with van der Waals surface area (Å²) < 4.78 is 33.0. The van der Waals surface area contributed by atoms with Crippen molar-refractivity contribution < 1.29 is 48.3 Å². The van der Waals surface area contributed by atoms with E-state index in [1.165, 1.54) is 50.5 Å². The standard InChI is InChI=1S/C17H26O4S.Na.H/c1-2-3-4-5-6-7-8-9-15-10-12-16(13-11-15)21-22(18,19)17-14-20-17;;/h10-13,17H,2-9,14H2,1H3;;/q;+1;-1. The molecule has 126 valence electrons. The van der Waals surface area contributed by atoms with Crippen LogP contribution < -0.4 is 33.7 Å². The minimum atomic E-state index is -3.61. The van der Waals surface area contributed by atoms with Crippen molar-refractivity contribution in [3.8, 4) is 5.75 Å². The average molecular weight is 350 g/mol. The van der Waals surface area contributed by atoms with E-state index in [-0.39, 0.29) is 37.6 Å². The third-order valence-electron chi connectivity index (χ3n) is 3.83. The molecule has 2 rings (SSSR count). The van der Waals surface area contributed by atoms with Gasteiger partial charge < -0.3 is 10.3 Å². The molecule has 0 amide bonds. The van der Waals surface area contributed by atoms with E-state index in [0.717, 1.165) is 6.42 Å². The maximum atomic E-state index is 11.6. The molecule has 1 aromatic carbocycles. The summed E-state index contributed by atoms with van der Waals surface area (Å²) in [6.45, 7) is 2.47. The van der Waals surface area contributed by atoms with Crippen molar-refractivity contribution in [2.24, 2.45) is 0 Å². The van der Waals surface area contributed by atoms with Gasteiger partial charge in [0.15, 0.2) is 0 Å². The van der Waals surface area contributed by atoms with Crippen molar-refractivity contribution in [1.82, 2.24) is 0 Å². The summed E-state index contributed by atoms with van der Waals surface area (Å²) in [6, 6.07) is 7.32. The summed E-state index contributed by atoms with van der Waals surface area (Å²) >= 11 is 0.